The Balaban J connectivity index is 2.31. The average molecular weight is 382 g/mol. The SMILES string of the molecule is O=Cc1ccc(-c2ccc(OC(F)(F)F)cc2I)o1. The fraction of sp³-hybridized carbons (Fsp3) is 0.0833. The molecule has 1 heterocycles. The van der Waals surface area contributed by atoms with E-state index in [1.165, 1.54) is 24.3 Å². The van der Waals surface area contributed by atoms with Gasteiger partial charge in [0.1, 0.15) is 11.5 Å². The van der Waals surface area contributed by atoms with Crippen LogP contribution in [0.4, 0.5) is 13.2 Å². The molecule has 0 bridgehead atoms. The monoisotopic (exact) mass is 382 g/mol. The van der Waals surface area contributed by atoms with Crippen molar-refractivity contribution in [2.75, 3.05) is 0 Å². The largest absolute Gasteiger partial charge is 0.573 e. The molecule has 19 heavy (non-hydrogen) atoms. The van der Waals surface area contributed by atoms with E-state index in [1.54, 1.807) is 6.07 Å². The maximum atomic E-state index is 12.1. The molecule has 2 aromatic rings. The summed E-state index contributed by atoms with van der Waals surface area (Å²) in [4.78, 5) is 10.5. The molecule has 0 amide bonds. The van der Waals surface area contributed by atoms with Crippen molar-refractivity contribution in [3.05, 3.63) is 39.7 Å². The van der Waals surface area contributed by atoms with Crippen LogP contribution in [-0.2, 0) is 0 Å². The van der Waals surface area contributed by atoms with Gasteiger partial charge in [0.05, 0.1) is 0 Å². The van der Waals surface area contributed by atoms with Crippen LogP contribution < -0.4 is 4.74 Å². The van der Waals surface area contributed by atoms with E-state index >= 15 is 0 Å². The number of carbonyl (C=O) groups is 1. The van der Waals surface area contributed by atoms with Gasteiger partial charge in [-0.15, -0.1) is 13.2 Å². The van der Waals surface area contributed by atoms with Crippen molar-refractivity contribution in [3.63, 3.8) is 0 Å². The summed E-state index contributed by atoms with van der Waals surface area (Å²) in [5.41, 5.74) is 0.586. The van der Waals surface area contributed by atoms with Gasteiger partial charge in [-0.2, -0.15) is 0 Å². The second-order valence-electron chi connectivity index (χ2n) is 3.51. The summed E-state index contributed by atoms with van der Waals surface area (Å²) >= 11 is 1.87. The zero-order valence-corrected chi connectivity index (χ0v) is 11.4. The molecule has 1 aromatic carbocycles. The minimum absolute atomic E-state index is 0.154. The Labute approximate surface area is 119 Å². The van der Waals surface area contributed by atoms with Gasteiger partial charge in [0.15, 0.2) is 12.0 Å². The van der Waals surface area contributed by atoms with Crippen molar-refractivity contribution < 1.29 is 27.1 Å². The third-order valence-corrected chi connectivity index (χ3v) is 3.08. The van der Waals surface area contributed by atoms with Crippen LogP contribution in [0.25, 0.3) is 11.3 Å². The smallest absolute Gasteiger partial charge is 0.453 e. The first-order valence-corrected chi connectivity index (χ1v) is 6.07. The first-order valence-electron chi connectivity index (χ1n) is 5.00. The lowest BCUT2D eigenvalue weighted by Gasteiger charge is -2.10. The molecule has 0 saturated carbocycles. The third-order valence-electron chi connectivity index (χ3n) is 2.18. The van der Waals surface area contributed by atoms with Crippen molar-refractivity contribution in [3.8, 4) is 17.1 Å². The summed E-state index contributed by atoms with van der Waals surface area (Å²) in [6.45, 7) is 0. The highest BCUT2D eigenvalue weighted by Crippen LogP contribution is 2.31. The topological polar surface area (TPSA) is 39.4 Å². The first kappa shape index (κ1) is 13.9. The van der Waals surface area contributed by atoms with Gasteiger partial charge in [-0.1, -0.05) is 0 Å². The van der Waals surface area contributed by atoms with Crippen molar-refractivity contribution in [1.82, 2.24) is 0 Å². The van der Waals surface area contributed by atoms with Crippen molar-refractivity contribution in [1.29, 1.82) is 0 Å². The van der Waals surface area contributed by atoms with E-state index in [1.807, 2.05) is 22.6 Å². The van der Waals surface area contributed by atoms with E-state index in [0.717, 1.165) is 0 Å². The van der Waals surface area contributed by atoms with Gasteiger partial charge in [0.2, 0.25) is 0 Å². The Kier molecular flexibility index (Phi) is 3.83. The normalized spacial score (nSPS) is 11.4. The van der Waals surface area contributed by atoms with Gasteiger partial charge in [-0.05, 0) is 52.9 Å². The van der Waals surface area contributed by atoms with Gasteiger partial charge in [0, 0.05) is 9.13 Å². The zero-order valence-electron chi connectivity index (χ0n) is 9.20. The van der Waals surface area contributed by atoms with E-state index in [0.29, 0.717) is 21.2 Å². The number of benzene rings is 1. The standard InChI is InChI=1S/C12H6F3IO3/c13-12(14,15)19-7-1-3-9(10(16)5-7)11-4-2-8(6-17)18-11/h1-6H. The molecule has 0 N–H and O–H groups in total. The number of ether oxygens (including phenoxy) is 1. The van der Waals surface area contributed by atoms with E-state index in [-0.39, 0.29) is 11.5 Å². The fourth-order valence-corrected chi connectivity index (χ4v) is 2.21. The summed E-state index contributed by atoms with van der Waals surface area (Å²) in [5.74, 6) is 0.259. The highest BCUT2D eigenvalue weighted by molar-refractivity contribution is 14.1. The van der Waals surface area contributed by atoms with Crippen LogP contribution in [0.2, 0.25) is 0 Å². The number of aldehydes is 1. The molecule has 0 fully saturated rings. The molecule has 3 nitrogen and oxygen atoms in total. The van der Waals surface area contributed by atoms with E-state index < -0.39 is 6.36 Å². The minimum Gasteiger partial charge on any atom is -0.453 e. The Morgan fingerprint density at radius 1 is 1.21 bits per heavy atom. The molecule has 0 saturated heterocycles. The molecule has 0 spiro atoms. The molecule has 0 radical (unpaired) electrons. The van der Waals surface area contributed by atoms with Gasteiger partial charge < -0.3 is 9.15 Å². The maximum Gasteiger partial charge on any atom is 0.573 e. The summed E-state index contributed by atoms with van der Waals surface area (Å²) in [6.07, 6.45) is -4.17. The van der Waals surface area contributed by atoms with E-state index in [2.05, 4.69) is 4.74 Å². The molecule has 0 aliphatic heterocycles. The molecule has 2 rings (SSSR count). The molecule has 100 valence electrons. The highest BCUT2D eigenvalue weighted by Gasteiger charge is 2.31. The van der Waals surface area contributed by atoms with E-state index in [4.69, 9.17) is 4.42 Å². The van der Waals surface area contributed by atoms with Crippen LogP contribution in [0.1, 0.15) is 10.6 Å². The minimum atomic E-state index is -4.72. The number of hydrogen-bond acceptors (Lipinski definition) is 3. The Hall–Kier alpha value is -1.51. The Morgan fingerprint density at radius 2 is 1.95 bits per heavy atom. The van der Waals surface area contributed by atoms with Gasteiger partial charge in [0.25, 0.3) is 0 Å². The molecule has 7 heteroatoms. The number of hydrogen-bond donors (Lipinski definition) is 0. The lowest BCUT2D eigenvalue weighted by atomic mass is 10.2. The second-order valence-corrected chi connectivity index (χ2v) is 4.67. The van der Waals surface area contributed by atoms with Crippen molar-refractivity contribution in [2.45, 2.75) is 6.36 Å². The summed E-state index contributed by atoms with van der Waals surface area (Å²) in [6, 6.07) is 6.93. The van der Waals surface area contributed by atoms with Crippen LogP contribution in [-0.4, -0.2) is 12.6 Å². The molecule has 1 aromatic heterocycles. The molecule has 0 atom stereocenters. The van der Waals surface area contributed by atoms with Crippen LogP contribution >= 0.6 is 22.6 Å². The molecular formula is C12H6F3IO3. The number of rotatable bonds is 3. The summed E-state index contributed by atoms with van der Waals surface area (Å²) in [7, 11) is 0. The number of halogens is 4. The van der Waals surface area contributed by atoms with Crippen LogP contribution in [0.5, 0.6) is 5.75 Å². The predicted molar refractivity (Wildman–Crippen MR) is 68.9 cm³/mol. The fourth-order valence-electron chi connectivity index (χ4n) is 1.45. The predicted octanol–water partition coefficient (Wildman–Crippen LogP) is 4.26. The number of alkyl halides is 3. The molecule has 0 aliphatic carbocycles. The number of carbonyl (C=O) groups excluding carboxylic acids is 1. The summed E-state index contributed by atoms with van der Waals surface area (Å²) in [5, 5.41) is 0. The van der Waals surface area contributed by atoms with Gasteiger partial charge in [-0.25, -0.2) is 0 Å². The Morgan fingerprint density at radius 3 is 2.47 bits per heavy atom. The lowest BCUT2D eigenvalue weighted by molar-refractivity contribution is -0.274. The first-order chi connectivity index (χ1) is 8.89. The quantitative estimate of drug-likeness (QED) is 0.588. The number of furan rings is 1. The van der Waals surface area contributed by atoms with Crippen LogP contribution in [0.3, 0.4) is 0 Å². The van der Waals surface area contributed by atoms with Crippen molar-refractivity contribution in [2.24, 2.45) is 0 Å². The third kappa shape index (κ3) is 3.49. The second kappa shape index (κ2) is 5.24. The van der Waals surface area contributed by atoms with Crippen LogP contribution in [0.15, 0.2) is 34.7 Å². The van der Waals surface area contributed by atoms with Gasteiger partial charge >= 0.3 is 6.36 Å². The summed E-state index contributed by atoms with van der Waals surface area (Å²) < 4.78 is 45.7. The zero-order chi connectivity index (χ0) is 14.0. The average Bonchev–Trinajstić information content (AvgIpc) is 2.75. The maximum absolute atomic E-state index is 12.1. The van der Waals surface area contributed by atoms with Gasteiger partial charge in [-0.3, -0.25) is 4.79 Å². The highest BCUT2D eigenvalue weighted by atomic mass is 127. The van der Waals surface area contributed by atoms with E-state index in [9.17, 15) is 18.0 Å². The Bertz CT molecular complexity index is 605. The molecule has 0 aliphatic rings. The molecule has 0 unspecified atom stereocenters. The molecular weight excluding hydrogens is 376 g/mol. The van der Waals surface area contributed by atoms with Crippen molar-refractivity contribution >= 4 is 28.9 Å². The lowest BCUT2D eigenvalue weighted by Crippen LogP contribution is -2.17. The van der Waals surface area contributed by atoms with Crippen LogP contribution in [0, 0.1) is 3.57 Å².